The van der Waals surface area contributed by atoms with Crippen LogP contribution >= 0.6 is 11.3 Å². The molecule has 14 nitrogen and oxygen atoms in total. The van der Waals surface area contributed by atoms with Crippen LogP contribution < -0.4 is 19.7 Å². The standard InChI is InChI=1S/C55H46N4O10S/c1-65-31-32-68-54(64)58-43-28-21-35(18-17-34-19-24-39(66-2)25-20-34)33-41(43)55(52(58)63)45(50(61)57-53-56-42-15-9-10-16-44(42)70-53)47-51(62)69-48(37-13-7-4-8-14-37)46(36-11-5-3-6-12-36)59(47)49(55)38-22-26-40(27-23-38)67-30-29-60/h3-16,19-28,33,45-49,60H,29-32H2,1-2H3,(H,56,57,61)/t45-,46-,47-,48+,49+,55-/m1/s1. The first-order valence-corrected chi connectivity index (χ1v) is 23.5. The zero-order chi connectivity index (χ0) is 48.4. The summed E-state index contributed by atoms with van der Waals surface area (Å²) >= 11 is 1.25. The first kappa shape index (κ1) is 45.9. The predicted octanol–water partition coefficient (Wildman–Crippen LogP) is 8.16. The van der Waals surface area contributed by atoms with Gasteiger partial charge in [-0.2, -0.15) is 0 Å². The van der Waals surface area contributed by atoms with Gasteiger partial charge in [0.2, 0.25) is 11.8 Å². The number of cyclic esters (lactones) is 1. The Morgan fingerprint density at radius 3 is 2.13 bits per heavy atom. The molecule has 7 aromatic rings. The SMILES string of the molecule is COCCOC(=O)N1C(=O)[C@@]2(c3cc(C#Cc4ccc(OC)cc4)ccc31)[C@H](c1ccc(OCCO)cc1)N1[C@H](c3ccccc3)[C@H](c3ccccc3)OC(=O)[C@H]1[C@@H]2C(=O)Nc1nc2ccccc2s1. The highest BCUT2D eigenvalue weighted by Crippen LogP contribution is 2.66. The molecule has 2 N–H and O–H groups in total. The number of hydrogen-bond donors (Lipinski definition) is 2. The predicted molar refractivity (Wildman–Crippen MR) is 261 cm³/mol. The van der Waals surface area contributed by atoms with Gasteiger partial charge in [0.05, 0.1) is 54.2 Å². The molecule has 0 saturated carbocycles. The lowest BCUT2D eigenvalue weighted by molar-refractivity contribution is -0.177. The molecule has 6 aromatic carbocycles. The number of benzene rings is 6. The normalized spacial score (nSPS) is 21.4. The summed E-state index contributed by atoms with van der Waals surface area (Å²) in [7, 11) is 3.05. The van der Waals surface area contributed by atoms with Crippen LogP contribution in [0.5, 0.6) is 11.5 Å². The summed E-state index contributed by atoms with van der Waals surface area (Å²) in [5.41, 5.74) is 2.07. The molecule has 0 bridgehead atoms. The van der Waals surface area contributed by atoms with Crippen LogP contribution in [0, 0.1) is 17.8 Å². The smallest absolute Gasteiger partial charge is 0.421 e. The molecule has 6 atom stereocenters. The van der Waals surface area contributed by atoms with Crippen molar-refractivity contribution in [2.75, 3.05) is 50.9 Å². The largest absolute Gasteiger partial charge is 0.497 e. The number of rotatable bonds is 12. The molecule has 15 heteroatoms. The third-order valence-electron chi connectivity index (χ3n) is 13.0. The van der Waals surface area contributed by atoms with Crippen molar-refractivity contribution in [2.24, 2.45) is 5.92 Å². The van der Waals surface area contributed by atoms with E-state index in [0.29, 0.717) is 39.3 Å². The van der Waals surface area contributed by atoms with Gasteiger partial charge in [0.1, 0.15) is 42.3 Å². The second-order valence-corrected chi connectivity index (χ2v) is 17.9. The zero-order valence-corrected chi connectivity index (χ0v) is 38.8. The number of anilines is 2. The molecule has 0 aliphatic carbocycles. The van der Waals surface area contributed by atoms with Crippen LogP contribution in [-0.2, 0) is 34.0 Å². The number of aromatic nitrogens is 1. The van der Waals surface area contributed by atoms with Crippen LogP contribution in [0.1, 0.15) is 51.6 Å². The number of hydrogen-bond acceptors (Lipinski definition) is 13. The topological polar surface area (TPSA) is 166 Å². The Hall–Kier alpha value is -7.87. The van der Waals surface area contributed by atoms with E-state index in [0.717, 1.165) is 15.2 Å². The first-order chi connectivity index (χ1) is 34.2. The van der Waals surface area contributed by atoms with Crippen LogP contribution in [0.15, 0.2) is 152 Å². The molecule has 2 fully saturated rings. The zero-order valence-electron chi connectivity index (χ0n) is 38.0. The quantitative estimate of drug-likeness (QED) is 0.0687. The van der Waals surface area contributed by atoms with E-state index in [1.54, 1.807) is 61.7 Å². The lowest BCUT2D eigenvalue weighted by atomic mass is 9.65. The van der Waals surface area contributed by atoms with Gasteiger partial charge in [0.25, 0.3) is 0 Å². The summed E-state index contributed by atoms with van der Waals surface area (Å²) in [6.07, 6.45) is -1.93. The molecule has 0 radical (unpaired) electrons. The fourth-order valence-corrected chi connectivity index (χ4v) is 10.9. The van der Waals surface area contributed by atoms with Crippen LogP contribution in [0.2, 0.25) is 0 Å². The number of aliphatic hydroxyl groups excluding tert-OH is 1. The fraction of sp³-hybridized carbons (Fsp3) is 0.218. The third kappa shape index (κ3) is 8.20. The van der Waals surface area contributed by atoms with Crippen molar-refractivity contribution in [1.82, 2.24) is 9.88 Å². The number of nitrogens with one attached hydrogen (secondary N) is 1. The number of amides is 3. The summed E-state index contributed by atoms with van der Waals surface area (Å²) in [5.74, 6) is 3.71. The second-order valence-electron chi connectivity index (χ2n) is 16.8. The maximum absolute atomic E-state index is 16.5. The average Bonchev–Trinajstić information content (AvgIpc) is 4.03. The van der Waals surface area contributed by atoms with Crippen LogP contribution in [0.3, 0.4) is 0 Å². The minimum Gasteiger partial charge on any atom is -0.497 e. The number of imide groups is 1. The Morgan fingerprint density at radius 1 is 0.757 bits per heavy atom. The minimum atomic E-state index is -2.08. The molecule has 2 saturated heterocycles. The number of morpholine rings is 1. The van der Waals surface area contributed by atoms with Crippen molar-refractivity contribution < 1.29 is 48.0 Å². The highest BCUT2D eigenvalue weighted by atomic mass is 32.1. The molecule has 10 rings (SSSR count). The Bertz CT molecular complexity index is 3110. The summed E-state index contributed by atoms with van der Waals surface area (Å²) < 4.78 is 29.5. The maximum Gasteiger partial charge on any atom is 0.421 e. The highest BCUT2D eigenvalue weighted by Gasteiger charge is 2.76. The van der Waals surface area contributed by atoms with E-state index in [2.05, 4.69) is 17.2 Å². The van der Waals surface area contributed by atoms with E-state index >= 15 is 14.4 Å². The minimum absolute atomic E-state index is 0.0297. The molecule has 1 aromatic heterocycles. The molecular weight excluding hydrogens is 909 g/mol. The number of carbonyl (C=O) groups is 4. The number of thiazole rings is 1. The van der Waals surface area contributed by atoms with Crippen LogP contribution in [-0.4, -0.2) is 85.6 Å². The second kappa shape index (κ2) is 19.6. The average molecular weight is 955 g/mol. The summed E-state index contributed by atoms with van der Waals surface area (Å²) in [6.45, 7) is -0.320. The number of ether oxygens (including phenoxy) is 5. The Labute approximate surface area is 407 Å². The lowest BCUT2D eigenvalue weighted by Crippen LogP contribution is -2.54. The van der Waals surface area contributed by atoms with Gasteiger partial charge in [-0.15, -0.1) is 0 Å². The van der Waals surface area contributed by atoms with Gasteiger partial charge in [0, 0.05) is 18.2 Å². The molecule has 1 spiro atoms. The number of esters is 1. The van der Waals surface area contributed by atoms with Crippen molar-refractivity contribution >= 4 is 56.2 Å². The van der Waals surface area contributed by atoms with Crippen molar-refractivity contribution in [3.63, 3.8) is 0 Å². The molecule has 3 aliphatic rings. The molecule has 4 heterocycles. The van der Waals surface area contributed by atoms with Gasteiger partial charge in [-0.3, -0.25) is 19.3 Å². The van der Waals surface area contributed by atoms with Crippen molar-refractivity contribution in [2.45, 2.75) is 29.6 Å². The van der Waals surface area contributed by atoms with Gasteiger partial charge >= 0.3 is 12.1 Å². The molecule has 3 amide bonds. The van der Waals surface area contributed by atoms with Gasteiger partial charge in [0.15, 0.2) is 5.13 Å². The summed E-state index contributed by atoms with van der Waals surface area (Å²) in [5, 5.41) is 12.9. The number of nitrogens with zero attached hydrogens (tertiary/aromatic N) is 3. The number of carbonyl (C=O) groups excluding carboxylic acids is 4. The summed E-state index contributed by atoms with van der Waals surface area (Å²) in [4.78, 5) is 70.1. The molecule has 0 unspecified atom stereocenters. The number of fused-ring (bicyclic) bond motifs is 4. The molecule has 3 aliphatic heterocycles. The van der Waals surface area contributed by atoms with Gasteiger partial charge < -0.3 is 34.1 Å². The van der Waals surface area contributed by atoms with Gasteiger partial charge in [-0.05, 0) is 89.0 Å². The van der Waals surface area contributed by atoms with Gasteiger partial charge in [-0.25, -0.2) is 14.7 Å². The number of aliphatic hydroxyl groups is 1. The molecule has 352 valence electrons. The van der Waals surface area contributed by atoms with Gasteiger partial charge in [-0.1, -0.05) is 108 Å². The van der Waals surface area contributed by atoms with E-state index in [9.17, 15) is 9.90 Å². The number of para-hydroxylation sites is 1. The van der Waals surface area contributed by atoms with E-state index in [1.165, 1.54) is 18.4 Å². The fourth-order valence-electron chi connectivity index (χ4n) is 10.1. The first-order valence-electron chi connectivity index (χ1n) is 22.6. The van der Waals surface area contributed by atoms with Crippen molar-refractivity contribution in [3.8, 4) is 23.3 Å². The summed E-state index contributed by atoms with van der Waals surface area (Å²) in [6, 6.07) is 42.1. The van der Waals surface area contributed by atoms with Crippen molar-refractivity contribution in [1.29, 1.82) is 0 Å². The molecular formula is C55H46N4O10S. The van der Waals surface area contributed by atoms with E-state index in [4.69, 9.17) is 28.7 Å². The van der Waals surface area contributed by atoms with Crippen molar-refractivity contribution in [3.05, 3.63) is 185 Å². The highest BCUT2D eigenvalue weighted by molar-refractivity contribution is 7.22. The lowest BCUT2D eigenvalue weighted by Gasteiger charge is -2.46. The Morgan fingerprint density at radius 2 is 1.43 bits per heavy atom. The molecule has 70 heavy (non-hydrogen) atoms. The maximum atomic E-state index is 16.5. The van der Waals surface area contributed by atoms with E-state index < -0.39 is 59.4 Å². The Balaban J connectivity index is 1.26. The Kier molecular flexibility index (Phi) is 12.9. The van der Waals surface area contributed by atoms with E-state index in [1.807, 2.05) is 102 Å². The number of methoxy groups -OCH3 is 2. The van der Waals surface area contributed by atoms with Crippen LogP contribution in [0.25, 0.3) is 10.2 Å². The van der Waals surface area contributed by atoms with Crippen LogP contribution in [0.4, 0.5) is 15.6 Å². The van der Waals surface area contributed by atoms with E-state index in [-0.39, 0.29) is 42.8 Å². The monoisotopic (exact) mass is 954 g/mol. The third-order valence-corrected chi connectivity index (χ3v) is 13.9.